The summed E-state index contributed by atoms with van der Waals surface area (Å²) in [7, 11) is 0. The molecule has 1 unspecified atom stereocenters. The van der Waals surface area contributed by atoms with E-state index in [0.717, 1.165) is 11.1 Å². The number of carbonyl (C=O) groups is 2. The maximum absolute atomic E-state index is 13.6. The molecule has 2 heterocycles. The van der Waals surface area contributed by atoms with Crippen molar-refractivity contribution >= 4 is 23.4 Å². The molecular weight excluding hydrogens is 439 g/mol. The second kappa shape index (κ2) is 10.3. The second-order valence-electron chi connectivity index (χ2n) is 7.99. The third-order valence-corrected chi connectivity index (χ3v) is 5.62. The van der Waals surface area contributed by atoms with Crippen LogP contribution in [-0.4, -0.2) is 41.4 Å². The van der Waals surface area contributed by atoms with Crippen molar-refractivity contribution in [2.24, 2.45) is 5.92 Å². The molecule has 0 bridgehead atoms. The molecule has 1 aliphatic heterocycles. The summed E-state index contributed by atoms with van der Waals surface area (Å²) in [6.45, 7) is 3.16. The summed E-state index contributed by atoms with van der Waals surface area (Å²) in [5, 5.41) is 7.31. The molecule has 4 rings (SSSR count). The number of halogens is 1. The Bertz CT molecular complexity index is 1240. The molecule has 1 atom stereocenters. The van der Waals surface area contributed by atoms with Gasteiger partial charge in [-0.05, 0) is 68.3 Å². The Kier molecular flexibility index (Phi) is 7.01. The summed E-state index contributed by atoms with van der Waals surface area (Å²) in [4.78, 5) is 38.9. The Morgan fingerprint density at radius 2 is 1.94 bits per heavy atom. The number of anilines is 2. The van der Waals surface area contributed by atoms with Crippen molar-refractivity contribution in [2.45, 2.75) is 19.8 Å². The first-order chi connectivity index (χ1) is 16.4. The van der Waals surface area contributed by atoms with E-state index in [2.05, 4.69) is 10.4 Å². The minimum atomic E-state index is -0.457. The van der Waals surface area contributed by atoms with Gasteiger partial charge in [0.1, 0.15) is 11.6 Å². The molecule has 0 aliphatic carbocycles. The molecule has 0 spiro atoms. The van der Waals surface area contributed by atoms with Gasteiger partial charge < -0.3 is 15.0 Å². The number of amides is 1. The minimum Gasteiger partial charge on any atom is -0.462 e. The zero-order chi connectivity index (χ0) is 24.1. The number of nitrogens with one attached hydrogen (secondary N) is 1. The van der Waals surface area contributed by atoms with Crippen LogP contribution in [0.3, 0.4) is 0 Å². The molecule has 176 valence electrons. The van der Waals surface area contributed by atoms with E-state index >= 15 is 0 Å². The Hall–Kier alpha value is -4.01. The number of hydrogen-bond acceptors (Lipinski definition) is 6. The van der Waals surface area contributed by atoms with Crippen LogP contribution in [0.5, 0.6) is 0 Å². The fourth-order valence-corrected chi connectivity index (χ4v) is 3.91. The van der Waals surface area contributed by atoms with Crippen LogP contribution in [-0.2, 0) is 9.53 Å². The normalized spacial score (nSPS) is 15.6. The van der Waals surface area contributed by atoms with Gasteiger partial charge in [0.2, 0.25) is 5.91 Å². The van der Waals surface area contributed by atoms with E-state index in [1.54, 1.807) is 43.3 Å². The zero-order valence-electron chi connectivity index (χ0n) is 18.7. The van der Waals surface area contributed by atoms with E-state index in [4.69, 9.17) is 4.74 Å². The fraction of sp³-hybridized carbons (Fsp3) is 0.280. The number of aromatic nitrogens is 2. The number of ether oxygens (including phenoxy) is 1. The van der Waals surface area contributed by atoms with Crippen molar-refractivity contribution in [2.75, 3.05) is 29.9 Å². The molecule has 34 heavy (non-hydrogen) atoms. The average molecular weight is 464 g/mol. The summed E-state index contributed by atoms with van der Waals surface area (Å²) < 4.78 is 19.8. The highest BCUT2D eigenvalue weighted by atomic mass is 19.1. The molecule has 0 radical (unpaired) electrons. The van der Waals surface area contributed by atoms with Gasteiger partial charge in [0.15, 0.2) is 0 Å². The minimum absolute atomic E-state index is 0.132. The van der Waals surface area contributed by atoms with Gasteiger partial charge in [-0.25, -0.2) is 9.18 Å². The smallest absolute Gasteiger partial charge is 0.338 e. The molecule has 1 fully saturated rings. The van der Waals surface area contributed by atoms with Gasteiger partial charge >= 0.3 is 5.97 Å². The van der Waals surface area contributed by atoms with Crippen LogP contribution in [0.1, 0.15) is 30.1 Å². The van der Waals surface area contributed by atoms with E-state index < -0.39 is 11.8 Å². The Morgan fingerprint density at radius 3 is 2.68 bits per heavy atom. The fourth-order valence-electron chi connectivity index (χ4n) is 3.91. The highest BCUT2D eigenvalue weighted by molar-refractivity contribution is 5.94. The van der Waals surface area contributed by atoms with E-state index in [-0.39, 0.29) is 17.4 Å². The van der Waals surface area contributed by atoms with Crippen LogP contribution in [0, 0.1) is 11.7 Å². The largest absolute Gasteiger partial charge is 0.462 e. The van der Waals surface area contributed by atoms with Crippen molar-refractivity contribution in [3.8, 4) is 5.69 Å². The highest BCUT2D eigenvalue weighted by Gasteiger charge is 2.27. The first-order valence-corrected chi connectivity index (χ1v) is 11.1. The van der Waals surface area contributed by atoms with Gasteiger partial charge in [-0.3, -0.25) is 9.59 Å². The van der Waals surface area contributed by atoms with Gasteiger partial charge in [0.25, 0.3) is 5.56 Å². The lowest BCUT2D eigenvalue weighted by atomic mass is 9.97. The van der Waals surface area contributed by atoms with E-state index in [0.29, 0.717) is 48.9 Å². The van der Waals surface area contributed by atoms with Crippen LogP contribution >= 0.6 is 0 Å². The summed E-state index contributed by atoms with van der Waals surface area (Å²) in [5.74, 6) is -0.737. The summed E-state index contributed by atoms with van der Waals surface area (Å²) in [6.07, 6.45) is 1.49. The topological polar surface area (TPSA) is 93.5 Å². The molecule has 0 saturated carbocycles. The van der Waals surface area contributed by atoms with E-state index in [9.17, 15) is 18.8 Å². The zero-order valence-corrected chi connectivity index (χ0v) is 18.7. The number of rotatable bonds is 6. The number of esters is 1. The third-order valence-electron chi connectivity index (χ3n) is 5.62. The standard InChI is InChI=1S/C25H25FN4O4/c1-2-34-25(33)17-8-10-20(11-9-17)27-24(32)18-5-4-14-29(16-18)22-12-13-23(31)30(28-22)21-7-3-6-19(26)15-21/h3,6-13,15,18H,2,4-5,14,16H2,1H3,(H,27,32). The lowest BCUT2D eigenvalue weighted by Crippen LogP contribution is -2.41. The van der Waals surface area contributed by atoms with Crippen molar-refractivity contribution in [3.63, 3.8) is 0 Å². The first-order valence-electron chi connectivity index (χ1n) is 11.1. The van der Waals surface area contributed by atoms with Crippen LogP contribution < -0.4 is 15.8 Å². The number of benzene rings is 2. The molecular formula is C25H25FN4O4. The molecule has 8 nitrogen and oxygen atoms in total. The lowest BCUT2D eigenvalue weighted by Gasteiger charge is -2.32. The van der Waals surface area contributed by atoms with Gasteiger partial charge in [-0.2, -0.15) is 4.68 Å². The lowest BCUT2D eigenvalue weighted by molar-refractivity contribution is -0.120. The van der Waals surface area contributed by atoms with Gasteiger partial charge in [0.05, 0.1) is 23.8 Å². The number of nitrogens with zero attached hydrogens (tertiary/aromatic N) is 3. The Balaban J connectivity index is 1.45. The van der Waals surface area contributed by atoms with Gasteiger partial charge in [-0.15, -0.1) is 5.10 Å². The van der Waals surface area contributed by atoms with Gasteiger partial charge in [0, 0.05) is 24.8 Å². The Labute approximate surface area is 196 Å². The number of piperidine rings is 1. The summed E-state index contributed by atoms with van der Waals surface area (Å²) in [5.41, 5.74) is 0.979. The quantitative estimate of drug-likeness (QED) is 0.562. The maximum Gasteiger partial charge on any atom is 0.338 e. The molecule has 1 aliphatic rings. The monoisotopic (exact) mass is 464 g/mol. The number of hydrogen-bond donors (Lipinski definition) is 1. The molecule has 1 saturated heterocycles. The molecule has 3 aromatic rings. The SMILES string of the molecule is CCOC(=O)c1ccc(NC(=O)C2CCCN(c3ccc(=O)n(-c4cccc(F)c4)n3)C2)cc1. The summed E-state index contributed by atoms with van der Waals surface area (Å²) >= 11 is 0. The Morgan fingerprint density at radius 1 is 1.15 bits per heavy atom. The molecule has 1 N–H and O–H groups in total. The number of carbonyl (C=O) groups excluding carboxylic acids is 2. The molecule has 9 heteroatoms. The highest BCUT2D eigenvalue weighted by Crippen LogP contribution is 2.23. The van der Waals surface area contributed by atoms with Crippen LogP contribution in [0.25, 0.3) is 5.69 Å². The van der Waals surface area contributed by atoms with Crippen molar-refractivity contribution in [1.82, 2.24) is 9.78 Å². The van der Waals surface area contributed by atoms with Crippen LogP contribution in [0.4, 0.5) is 15.9 Å². The van der Waals surface area contributed by atoms with Crippen molar-refractivity contribution in [1.29, 1.82) is 0 Å². The average Bonchev–Trinajstić information content (AvgIpc) is 2.85. The summed E-state index contributed by atoms with van der Waals surface area (Å²) in [6, 6.07) is 15.2. The van der Waals surface area contributed by atoms with Crippen LogP contribution in [0.2, 0.25) is 0 Å². The predicted molar refractivity (Wildman–Crippen MR) is 126 cm³/mol. The maximum atomic E-state index is 13.6. The van der Waals surface area contributed by atoms with E-state index in [1.807, 2.05) is 4.90 Å². The van der Waals surface area contributed by atoms with Crippen LogP contribution in [0.15, 0.2) is 65.5 Å². The second-order valence-corrected chi connectivity index (χ2v) is 7.99. The molecule has 1 amide bonds. The molecule has 1 aromatic heterocycles. The first kappa shape index (κ1) is 23.2. The third kappa shape index (κ3) is 5.31. The van der Waals surface area contributed by atoms with Crippen molar-refractivity contribution in [3.05, 3.63) is 82.4 Å². The molecule has 2 aromatic carbocycles. The van der Waals surface area contributed by atoms with Crippen molar-refractivity contribution < 1.29 is 18.7 Å². The van der Waals surface area contributed by atoms with E-state index in [1.165, 1.54) is 24.3 Å². The van der Waals surface area contributed by atoms with Gasteiger partial charge in [-0.1, -0.05) is 6.07 Å². The predicted octanol–water partition coefficient (Wildman–Crippen LogP) is 3.40.